The Morgan fingerprint density at radius 1 is 1.13 bits per heavy atom. The third-order valence-corrected chi connectivity index (χ3v) is 6.74. The molecule has 10 nitrogen and oxygen atoms in total. The van der Waals surface area contributed by atoms with Crippen molar-refractivity contribution in [2.75, 3.05) is 38.7 Å². The van der Waals surface area contributed by atoms with Crippen LogP contribution >= 0.6 is 0 Å². The number of anilines is 1. The average molecular weight is 443 g/mol. The Morgan fingerprint density at radius 3 is 2.52 bits per heavy atom. The van der Waals surface area contributed by atoms with Crippen LogP contribution in [-0.2, 0) is 14.8 Å². The predicted molar refractivity (Wildman–Crippen MR) is 112 cm³/mol. The summed E-state index contributed by atoms with van der Waals surface area (Å²) < 4.78 is 39.6. The van der Waals surface area contributed by atoms with Gasteiger partial charge in [0.1, 0.15) is 23.3 Å². The summed E-state index contributed by atoms with van der Waals surface area (Å²) in [4.78, 5) is 16.6. The molecule has 162 valence electrons. The van der Waals surface area contributed by atoms with Gasteiger partial charge in [-0.25, -0.2) is 18.1 Å². The maximum absolute atomic E-state index is 13.1. The van der Waals surface area contributed by atoms with Gasteiger partial charge in [0.2, 0.25) is 10.0 Å². The Labute approximate surface area is 179 Å². The number of benzene rings is 2. The first kappa shape index (κ1) is 21.0. The zero-order chi connectivity index (χ0) is 21.8. The number of carbonyl (C=O) groups excluding carboxylic acids is 1. The first-order chi connectivity index (χ1) is 15.0. The number of morpholine rings is 1. The number of nitrogens with zero attached hydrogens (tertiary/aromatic N) is 4. The molecule has 3 aromatic rings. The van der Waals surface area contributed by atoms with Crippen molar-refractivity contribution < 1.29 is 22.7 Å². The Hall–Kier alpha value is -3.28. The number of ether oxygens (including phenoxy) is 2. The molecule has 1 N–H and O–H groups in total. The molecule has 0 bridgehead atoms. The van der Waals surface area contributed by atoms with Gasteiger partial charge in [0.15, 0.2) is 0 Å². The SMILES string of the molecule is COc1ccc(NC(=O)c2ccc(-n3cncn3)cc2)cc1S(=O)(=O)N1CCOCC1. The minimum absolute atomic E-state index is 0.00349. The van der Waals surface area contributed by atoms with Gasteiger partial charge in [-0.1, -0.05) is 0 Å². The van der Waals surface area contributed by atoms with Gasteiger partial charge in [-0.3, -0.25) is 4.79 Å². The predicted octanol–water partition coefficient (Wildman–Crippen LogP) is 1.55. The van der Waals surface area contributed by atoms with Crippen molar-refractivity contribution in [3.05, 3.63) is 60.7 Å². The Balaban J connectivity index is 1.56. The highest BCUT2D eigenvalue weighted by Gasteiger charge is 2.29. The number of amides is 1. The van der Waals surface area contributed by atoms with E-state index in [1.54, 1.807) is 41.3 Å². The molecule has 1 saturated heterocycles. The molecule has 1 aliphatic rings. The molecule has 1 fully saturated rings. The van der Waals surface area contributed by atoms with E-state index < -0.39 is 10.0 Å². The third-order valence-electron chi connectivity index (χ3n) is 4.82. The molecule has 0 atom stereocenters. The lowest BCUT2D eigenvalue weighted by atomic mass is 10.2. The first-order valence-electron chi connectivity index (χ1n) is 9.51. The van der Waals surface area contributed by atoms with Crippen LogP contribution in [0.2, 0.25) is 0 Å². The van der Waals surface area contributed by atoms with Crippen LogP contribution < -0.4 is 10.1 Å². The fourth-order valence-corrected chi connectivity index (χ4v) is 4.78. The van der Waals surface area contributed by atoms with Gasteiger partial charge < -0.3 is 14.8 Å². The highest BCUT2D eigenvalue weighted by atomic mass is 32.2. The first-order valence-corrected chi connectivity index (χ1v) is 11.0. The van der Waals surface area contributed by atoms with Crippen molar-refractivity contribution in [3.63, 3.8) is 0 Å². The molecule has 0 spiro atoms. The van der Waals surface area contributed by atoms with E-state index in [1.807, 2.05) is 0 Å². The highest BCUT2D eigenvalue weighted by molar-refractivity contribution is 7.89. The van der Waals surface area contributed by atoms with Crippen molar-refractivity contribution in [1.29, 1.82) is 0 Å². The third kappa shape index (κ3) is 4.43. The van der Waals surface area contributed by atoms with Crippen molar-refractivity contribution in [2.24, 2.45) is 0 Å². The minimum atomic E-state index is -3.80. The molecule has 1 aromatic heterocycles. The summed E-state index contributed by atoms with van der Waals surface area (Å²) >= 11 is 0. The summed E-state index contributed by atoms with van der Waals surface area (Å²) in [5.74, 6) is -0.160. The Morgan fingerprint density at radius 2 is 1.87 bits per heavy atom. The molecule has 0 unspecified atom stereocenters. The number of hydrogen-bond acceptors (Lipinski definition) is 7. The zero-order valence-electron chi connectivity index (χ0n) is 16.8. The van der Waals surface area contributed by atoms with Gasteiger partial charge >= 0.3 is 0 Å². The van der Waals surface area contributed by atoms with E-state index >= 15 is 0 Å². The van der Waals surface area contributed by atoms with E-state index in [4.69, 9.17) is 9.47 Å². The number of rotatable bonds is 6. The molecular weight excluding hydrogens is 422 g/mol. The summed E-state index contributed by atoms with van der Waals surface area (Å²) in [6.07, 6.45) is 2.98. The fourth-order valence-electron chi connectivity index (χ4n) is 3.19. The highest BCUT2D eigenvalue weighted by Crippen LogP contribution is 2.30. The van der Waals surface area contributed by atoms with Gasteiger partial charge in [0.05, 0.1) is 26.0 Å². The number of aromatic nitrogens is 3. The van der Waals surface area contributed by atoms with E-state index in [2.05, 4.69) is 15.4 Å². The molecule has 1 aliphatic heterocycles. The van der Waals surface area contributed by atoms with E-state index in [9.17, 15) is 13.2 Å². The van der Waals surface area contributed by atoms with E-state index in [1.165, 1.54) is 29.9 Å². The molecule has 11 heteroatoms. The van der Waals surface area contributed by atoms with E-state index in [0.29, 0.717) is 24.5 Å². The maximum Gasteiger partial charge on any atom is 0.255 e. The lowest BCUT2D eigenvalue weighted by Gasteiger charge is -2.26. The second-order valence-electron chi connectivity index (χ2n) is 6.72. The summed E-state index contributed by atoms with van der Waals surface area (Å²) in [7, 11) is -2.39. The van der Waals surface area contributed by atoms with Crippen molar-refractivity contribution in [1.82, 2.24) is 19.1 Å². The number of hydrogen-bond donors (Lipinski definition) is 1. The number of carbonyl (C=O) groups is 1. The van der Waals surface area contributed by atoms with Crippen LogP contribution in [0, 0.1) is 0 Å². The summed E-state index contributed by atoms with van der Waals surface area (Å²) in [6, 6.07) is 11.3. The fraction of sp³-hybridized carbons (Fsp3) is 0.250. The average Bonchev–Trinajstić information content (AvgIpc) is 3.35. The van der Waals surface area contributed by atoms with E-state index in [0.717, 1.165) is 5.69 Å². The minimum Gasteiger partial charge on any atom is -0.495 e. The molecule has 0 radical (unpaired) electrons. The van der Waals surface area contributed by atoms with Gasteiger partial charge in [0, 0.05) is 24.3 Å². The number of methoxy groups -OCH3 is 1. The standard InChI is InChI=1S/C20H21N5O5S/c1-29-18-7-4-16(12-19(18)31(27,28)24-8-10-30-11-9-24)23-20(26)15-2-5-17(6-3-15)25-14-21-13-22-25/h2-7,12-14H,8-11H2,1H3,(H,23,26). The number of sulfonamides is 1. The molecule has 4 rings (SSSR count). The van der Waals surface area contributed by atoms with Gasteiger partial charge in [-0.15, -0.1) is 0 Å². The lowest BCUT2D eigenvalue weighted by molar-refractivity contribution is 0.0729. The normalized spacial score (nSPS) is 14.9. The topological polar surface area (TPSA) is 116 Å². The Kier molecular flexibility index (Phi) is 5.98. The molecule has 31 heavy (non-hydrogen) atoms. The number of nitrogens with one attached hydrogen (secondary N) is 1. The molecule has 2 heterocycles. The molecular formula is C20H21N5O5S. The quantitative estimate of drug-likeness (QED) is 0.614. The zero-order valence-corrected chi connectivity index (χ0v) is 17.6. The summed E-state index contributed by atoms with van der Waals surface area (Å²) in [5, 5.41) is 6.78. The van der Waals surface area contributed by atoms with Crippen LogP contribution in [0.3, 0.4) is 0 Å². The molecule has 2 aromatic carbocycles. The van der Waals surface area contributed by atoms with Gasteiger partial charge in [-0.05, 0) is 42.5 Å². The molecule has 0 saturated carbocycles. The lowest BCUT2D eigenvalue weighted by Crippen LogP contribution is -2.40. The van der Waals surface area contributed by atoms with Crippen LogP contribution in [0.4, 0.5) is 5.69 Å². The van der Waals surface area contributed by atoms with Crippen LogP contribution in [0.1, 0.15) is 10.4 Å². The molecule has 0 aliphatic carbocycles. The maximum atomic E-state index is 13.1. The summed E-state index contributed by atoms with van der Waals surface area (Å²) in [6.45, 7) is 1.20. The second-order valence-corrected chi connectivity index (χ2v) is 8.63. The van der Waals surface area contributed by atoms with E-state index in [-0.39, 0.29) is 29.6 Å². The molecule has 1 amide bonds. The Bertz CT molecular complexity index is 1160. The van der Waals surface area contributed by atoms with Gasteiger partial charge in [0.25, 0.3) is 5.91 Å². The smallest absolute Gasteiger partial charge is 0.255 e. The van der Waals surface area contributed by atoms with Crippen LogP contribution in [0.5, 0.6) is 5.75 Å². The van der Waals surface area contributed by atoms with Gasteiger partial charge in [-0.2, -0.15) is 9.40 Å². The second kappa shape index (κ2) is 8.84. The summed E-state index contributed by atoms with van der Waals surface area (Å²) in [5.41, 5.74) is 1.52. The van der Waals surface area contributed by atoms with Crippen LogP contribution in [0.15, 0.2) is 60.0 Å². The monoisotopic (exact) mass is 443 g/mol. The van der Waals surface area contributed by atoms with Crippen molar-refractivity contribution >= 4 is 21.6 Å². The van der Waals surface area contributed by atoms with Crippen LogP contribution in [0.25, 0.3) is 5.69 Å². The van der Waals surface area contributed by atoms with Crippen molar-refractivity contribution in [2.45, 2.75) is 4.90 Å². The van der Waals surface area contributed by atoms with Crippen LogP contribution in [-0.4, -0.2) is 66.8 Å². The largest absolute Gasteiger partial charge is 0.495 e. The van der Waals surface area contributed by atoms with Crippen molar-refractivity contribution in [3.8, 4) is 11.4 Å².